The number of benzene rings is 10. The molecule has 2 heterocycles. The molecule has 74 heavy (non-hydrogen) atoms. The maximum absolute atomic E-state index is 7.22. The van der Waals surface area contributed by atoms with Gasteiger partial charge in [0.1, 0.15) is 23.0 Å². The van der Waals surface area contributed by atoms with Crippen molar-refractivity contribution < 1.29 is 9.47 Å². The Morgan fingerprint density at radius 3 is 1.45 bits per heavy atom. The minimum atomic E-state index is -0.800. The Balaban J connectivity index is 0.809. The number of ether oxygens (including phenoxy) is 2. The van der Waals surface area contributed by atoms with E-state index in [9.17, 15) is 0 Å². The van der Waals surface area contributed by atoms with E-state index in [1.807, 2.05) is 0 Å². The van der Waals surface area contributed by atoms with Gasteiger partial charge in [-0.3, -0.25) is 0 Å². The highest BCUT2D eigenvalue weighted by molar-refractivity contribution is 7.99. The Kier molecular flexibility index (Phi) is 9.21. The molecule has 15 rings (SSSR count). The molecule has 0 saturated carbocycles. The molecule has 0 N–H and O–H groups in total. The topological polar surface area (TPSA) is 21.7 Å². The van der Waals surface area contributed by atoms with E-state index < -0.39 is 9.52 Å². The van der Waals surface area contributed by atoms with Crippen LogP contribution in [0.15, 0.2) is 210 Å². The van der Waals surface area contributed by atoms with Crippen molar-refractivity contribution in [2.45, 2.75) is 67.6 Å². The predicted octanol–water partition coefficient (Wildman–Crippen LogP) is 16.9. The summed E-state index contributed by atoms with van der Waals surface area (Å²) in [6.45, 7) is 14.1. The first kappa shape index (κ1) is 43.7. The second kappa shape index (κ2) is 15.6. The third-order valence-corrected chi connectivity index (χ3v) is 20.2. The molecular formula is C69H53NO2SSi. The SMILES string of the molecule is CC1(C)c2ccccc2-c2ccc(N(c3ccc(-c4cccc5c4Oc4c(ccc6c4-c4ccccc4C6(C)C)[SiH2]5)cc3)c3ccc(-c4cccc5c4Oc4c(ccc6c4-c4ccccc4C6(C)C)S5)cc3)cc21. The quantitative estimate of drug-likeness (QED) is 0.160. The van der Waals surface area contributed by atoms with Crippen molar-refractivity contribution in [2.75, 3.05) is 4.90 Å². The lowest BCUT2D eigenvalue weighted by molar-refractivity contribution is 0.457. The first-order chi connectivity index (χ1) is 35.9. The highest BCUT2D eigenvalue weighted by Gasteiger charge is 2.41. The lowest BCUT2D eigenvalue weighted by atomic mass is 9.82. The van der Waals surface area contributed by atoms with Gasteiger partial charge in [-0.2, -0.15) is 0 Å². The largest absolute Gasteiger partial charge is 0.456 e. The fraction of sp³-hybridized carbons (Fsp3) is 0.130. The van der Waals surface area contributed by atoms with E-state index in [0.717, 1.165) is 72.1 Å². The molecule has 10 aromatic carbocycles. The molecule has 0 spiro atoms. The molecule has 0 radical (unpaired) electrons. The van der Waals surface area contributed by atoms with Crippen LogP contribution in [-0.4, -0.2) is 9.52 Å². The number of hydrogen-bond donors (Lipinski definition) is 0. The molecule has 3 aliphatic carbocycles. The second-order valence-electron chi connectivity index (χ2n) is 22.4. The van der Waals surface area contributed by atoms with Crippen molar-refractivity contribution >= 4 is 48.7 Å². The van der Waals surface area contributed by atoms with Crippen molar-refractivity contribution in [3.8, 4) is 78.6 Å². The van der Waals surface area contributed by atoms with Crippen LogP contribution in [0.3, 0.4) is 0 Å². The molecule has 3 nitrogen and oxygen atoms in total. The summed E-state index contributed by atoms with van der Waals surface area (Å²) in [5.74, 6) is 3.95. The fourth-order valence-electron chi connectivity index (χ4n) is 13.4. The van der Waals surface area contributed by atoms with E-state index in [-0.39, 0.29) is 16.2 Å². The van der Waals surface area contributed by atoms with E-state index in [1.54, 1.807) is 11.8 Å². The summed E-state index contributed by atoms with van der Waals surface area (Å²) in [5.41, 5.74) is 23.2. The van der Waals surface area contributed by atoms with Crippen LogP contribution in [0.5, 0.6) is 23.0 Å². The number of rotatable bonds is 5. The lowest BCUT2D eigenvalue weighted by Crippen LogP contribution is -2.34. The number of para-hydroxylation sites is 2. The van der Waals surface area contributed by atoms with E-state index in [4.69, 9.17) is 9.47 Å². The Bertz CT molecular complexity index is 3840. The molecule has 10 aromatic rings. The number of fused-ring (bicyclic) bond motifs is 15. The zero-order valence-electron chi connectivity index (χ0n) is 42.4. The normalized spacial score (nSPS) is 15.9. The van der Waals surface area contributed by atoms with Gasteiger partial charge in [0.15, 0.2) is 0 Å². The molecule has 0 unspecified atom stereocenters. The van der Waals surface area contributed by atoms with Gasteiger partial charge in [0, 0.05) is 55.6 Å². The summed E-state index contributed by atoms with van der Waals surface area (Å²) in [6.07, 6.45) is 0. The number of hydrogen-bond acceptors (Lipinski definition) is 4. The van der Waals surface area contributed by atoms with Crippen LogP contribution in [-0.2, 0) is 16.2 Å². The van der Waals surface area contributed by atoms with Crippen LogP contribution in [0, 0.1) is 0 Å². The molecule has 0 saturated heterocycles. The molecule has 356 valence electrons. The summed E-state index contributed by atoms with van der Waals surface area (Å²) in [7, 11) is -0.800. The summed E-state index contributed by atoms with van der Waals surface area (Å²) in [5, 5.41) is 2.72. The molecular weight excluding hydrogens is 935 g/mol. The van der Waals surface area contributed by atoms with Crippen molar-refractivity contribution in [1.82, 2.24) is 0 Å². The van der Waals surface area contributed by atoms with Gasteiger partial charge in [-0.25, -0.2) is 0 Å². The van der Waals surface area contributed by atoms with E-state index >= 15 is 0 Å². The molecule has 5 aliphatic rings. The molecule has 0 fully saturated rings. The second-order valence-corrected chi connectivity index (χ2v) is 25.3. The van der Waals surface area contributed by atoms with Crippen LogP contribution in [0.2, 0.25) is 0 Å². The van der Waals surface area contributed by atoms with Crippen molar-refractivity contribution in [3.05, 3.63) is 234 Å². The fourth-order valence-corrected chi connectivity index (χ4v) is 16.1. The van der Waals surface area contributed by atoms with Gasteiger partial charge in [-0.05, 0) is 126 Å². The smallest absolute Gasteiger partial charge is 0.149 e. The van der Waals surface area contributed by atoms with E-state index in [1.165, 1.54) is 77.1 Å². The summed E-state index contributed by atoms with van der Waals surface area (Å²) >= 11 is 1.81. The van der Waals surface area contributed by atoms with Gasteiger partial charge in [0.25, 0.3) is 0 Å². The molecule has 0 amide bonds. The van der Waals surface area contributed by atoms with Crippen molar-refractivity contribution in [3.63, 3.8) is 0 Å². The highest BCUT2D eigenvalue weighted by atomic mass is 32.2. The first-order valence-corrected chi connectivity index (χ1v) is 28.3. The summed E-state index contributed by atoms with van der Waals surface area (Å²) < 4.78 is 14.4. The van der Waals surface area contributed by atoms with Gasteiger partial charge < -0.3 is 14.4 Å². The molecule has 0 bridgehead atoms. The van der Waals surface area contributed by atoms with Gasteiger partial charge in [0.2, 0.25) is 0 Å². The Hall–Kier alpha value is -7.83. The van der Waals surface area contributed by atoms with Gasteiger partial charge in [-0.1, -0.05) is 205 Å². The van der Waals surface area contributed by atoms with Crippen molar-refractivity contribution in [2.24, 2.45) is 0 Å². The minimum absolute atomic E-state index is 0.0837. The number of nitrogens with zero attached hydrogens (tertiary/aromatic N) is 1. The number of anilines is 3. The van der Waals surface area contributed by atoms with Gasteiger partial charge >= 0.3 is 0 Å². The standard InChI is InChI=1S/C69H53NO2SSi/c1-67(2)52-21-11-8-16-49(52)61-54(67)35-37-58-65(61)71-63-45(18-13-23-57(63)73-58)40-25-29-42(30-26-40)70(44-33-34-48-47-15-7-10-20-51(47)69(5,6)56(48)39-44)43-31-27-41(28-32-43)46-19-14-24-59-64(46)72-66-60(74-59)38-36-55-62(66)50-17-9-12-22-53(50)68(55,3)4/h7-39H,74H2,1-6H3. The zero-order chi connectivity index (χ0) is 49.8. The van der Waals surface area contributed by atoms with Crippen LogP contribution in [0.25, 0.3) is 55.6 Å². The third kappa shape index (κ3) is 6.14. The monoisotopic (exact) mass is 987 g/mol. The maximum Gasteiger partial charge on any atom is 0.149 e. The predicted molar refractivity (Wildman–Crippen MR) is 310 cm³/mol. The van der Waals surface area contributed by atoms with Crippen LogP contribution in [0.4, 0.5) is 17.1 Å². The molecule has 5 heteroatoms. The average molecular weight is 988 g/mol. The van der Waals surface area contributed by atoms with Crippen molar-refractivity contribution in [1.29, 1.82) is 0 Å². The maximum atomic E-state index is 7.22. The molecule has 0 aromatic heterocycles. The summed E-state index contributed by atoms with van der Waals surface area (Å²) in [4.78, 5) is 4.70. The van der Waals surface area contributed by atoms with E-state index in [0.29, 0.717) is 0 Å². The molecule has 2 aliphatic heterocycles. The Labute approximate surface area is 440 Å². The first-order valence-electron chi connectivity index (χ1n) is 26.0. The minimum Gasteiger partial charge on any atom is -0.456 e. The molecule has 0 atom stereocenters. The average Bonchev–Trinajstić information content (AvgIpc) is 3.93. The highest BCUT2D eigenvalue weighted by Crippen LogP contribution is 2.60. The van der Waals surface area contributed by atoms with Crippen LogP contribution >= 0.6 is 11.8 Å². The van der Waals surface area contributed by atoms with Gasteiger partial charge in [-0.15, -0.1) is 0 Å². The Morgan fingerprint density at radius 2 is 0.797 bits per heavy atom. The lowest BCUT2D eigenvalue weighted by Gasteiger charge is -2.29. The van der Waals surface area contributed by atoms with E-state index in [2.05, 4.69) is 247 Å². The van der Waals surface area contributed by atoms with Crippen LogP contribution in [0.1, 0.15) is 74.9 Å². The Morgan fingerprint density at radius 1 is 0.338 bits per heavy atom. The van der Waals surface area contributed by atoms with Crippen LogP contribution < -0.4 is 24.7 Å². The zero-order valence-corrected chi connectivity index (χ0v) is 44.7. The third-order valence-electron chi connectivity index (χ3n) is 17.2. The van der Waals surface area contributed by atoms with Gasteiger partial charge in [0.05, 0.1) is 19.3 Å². The summed E-state index contributed by atoms with van der Waals surface area (Å²) in [6, 6.07) is 74.5.